The van der Waals surface area contributed by atoms with Crippen molar-refractivity contribution in [3.63, 3.8) is 0 Å². The number of rotatable bonds is 7. The zero-order chi connectivity index (χ0) is 26.2. The summed E-state index contributed by atoms with van der Waals surface area (Å²) in [6.07, 6.45) is 2.59. The van der Waals surface area contributed by atoms with Crippen molar-refractivity contribution in [1.29, 1.82) is 0 Å². The molecule has 0 saturated carbocycles. The lowest BCUT2D eigenvalue weighted by molar-refractivity contribution is -0.129. The lowest BCUT2D eigenvalue weighted by atomic mass is 10.0. The van der Waals surface area contributed by atoms with E-state index < -0.39 is 0 Å². The van der Waals surface area contributed by atoms with E-state index in [1.165, 1.54) is 11.3 Å². The molecule has 3 amide bonds. The second-order valence-electron chi connectivity index (χ2n) is 9.48. The summed E-state index contributed by atoms with van der Waals surface area (Å²) < 4.78 is 0. The number of carbonyl (C=O) groups is 2. The summed E-state index contributed by atoms with van der Waals surface area (Å²) in [5.74, 6) is 0.0943. The minimum Gasteiger partial charge on any atom is -0.380 e. The molecule has 1 saturated heterocycles. The molecule has 0 aliphatic carbocycles. The van der Waals surface area contributed by atoms with E-state index in [0.29, 0.717) is 19.6 Å². The Bertz CT molecular complexity index is 1550. The van der Waals surface area contributed by atoms with Crippen LogP contribution in [0.3, 0.4) is 0 Å². The molecule has 9 heteroatoms. The van der Waals surface area contributed by atoms with Crippen LogP contribution in [0, 0.1) is 0 Å². The molecule has 3 N–H and O–H groups in total. The average Bonchev–Trinajstić information content (AvgIpc) is 3.55. The van der Waals surface area contributed by atoms with Gasteiger partial charge in [-0.2, -0.15) is 0 Å². The first-order valence-electron chi connectivity index (χ1n) is 12.6. The molecule has 0 bridgehead atoms. The highest BCUT2D eigenvalue weighted by atomic mass is 32.1. The molecular weight excluding hydrogens is 496 g/mol. The maximum atomic E-state index is 13.5. The summed E-state index contributed by atoms with van der Waals surface area (Å²) in [4.78, 5) is 35.6. The van der Waals surface area contributed by atoms with Crippen molar-refractivity contribution in [2.45, 2.75) is 12.5 Å². The Balaban J connectivity index is 1.31. The molecule has 4 aromatic rings. The molecular formula is C29H28N6O2S. The summed E-state index contributed by atoms with van der Waals surface area (Å²) in [6.45, 7) is 5.96. The molecule has 1 fully saturated rings. The first-order valence-corrected chi connectivity index (χ1v) is 13.4. The molecule has 1 atom stereocenters. The predicted octanol–water partition coefficient (Wildman–Crippen LogP) is 5.03. The molecule has 2 aromatic heterocycles. The highest BCUT2D eigenvalue weighted by Crippen LogP contribution is 2.47. The average molecular weight is 525 g/mol. The van der Waals surface area contributed by atoms with E-state index in [1.807, 2.05) is 53.4 Å². The standard InChI is InChI=1S/C29H28N6O2S/c1-18(32-21-12-14-34(17-21)24(36)16-30-2)27-26-25-23(11-13-31-28(25)38-27)35(29(37)33-26)22-10-6-9-20(15-22)19-7-4-3-5-8-19/h3-11,13,15,21,30,32H,1,12,14,16-17H2,2H3,(H,33,37)/t21-/m1/s1. The van der Waals surface area contributed by atoms with Crippen LogP contribution < -0.4 is 20.9 Å². The number of benzene rings is 2. The SMILES string of the molecule is C=C(N[C@@H]1CCN(C(=O)CNC)C1)c1sc2nccc3c2c1NC(=O)N3c1cccc(-c2ccccc2)c1. The van der Waals surface area contributed by atoms with Gasteiger partial charge in [0, 0.05) is 31.0 Å². The Hall–Kier alpha value is -4.21. The second kappa shape index (κ2) is 9.92. The number of thiophene rings is 1. The van der Waals surface area contributed by atoms with Crippen LogP contribution in [0.25, 0.3) is 27.0 Å². The molecule has 0 spiro atoms. The summed E-state index contributed by atoms with van der Waals surface area (Å²) in [6, 6.07) is 19.9. The van der Waals surface area contributed by atoms with Gasteiger partial charge in [0.05, 0.1) is 33.9 Å². The van der Waals surface area contributed by atoms with Crippen molar-refractivity contribution >= 4 is 56.3 Å². The second-order valence-corrected chi connectivity index (χ2v) is 10.5. The zero-order valence-electron chi connectivity index (χ0n) is 21.0. The Labute approximate surface area is 225 Å². The monoisotopic (exact) mass is 524 g/mol. The van der Waals surface area contributed by atoms with Crippen LogP contribution in [-0.4, -0.2) is 54.5 Å². The first kappa shape index (κ1) is 24.1. The number of nitrogens with zero attached hydrogens (tertiary/aromatic N) is 3. The molecule has 0 unspecified atom stereocenters. The number of likely N-dealkylation sites (N-methyl/N-ethyl adjacent to an activating group) is 1. The number of hydrogen-bond donors (Lipinski definition) is 3. The highest BCUT2D eigenvalue weighted by molar-refractivity contribution is 7.20. The molecule has 8 nitrogen and oxygen atoms in total. The van der Waals surface area contributed by atoms with Gasteiger partial charge in [0.15, 0.2) is 0 Å². The van der Waals surface area contributed by atoms with E-state index in [9.17, 15) is 9.59 Å². The number of aromatic nitrogens is 1. The molecule has 2 aliphatic heterocycles. The van der Waals surface area contributed by atoms with Crippen molar-refractivity contribution in [2.75, 3.05) is 36.9 Å². The molecule has 192 valence electrons. The number of amides is 3. The van der Waals surface area contributed by atoms with Crippen LogP contribution in [0.1, 0.15) is 11.3 Å². The molecule has 38 heavy (non-hydrogen) atoms. The minimum absolute atomic E-state index is 0.0943. The third-order valence-electron chi connectivity index (χ3n) is 6.98. The van der Waals surface area contributed by atoms with Gasteiger partial charge in [0.1, 0.15) is 4.83 Å². The van der Waals surface area contributed by atoms with Gasteiger partial charge in [-0.3, -0.25) is 9.69 Å². The van der Waals surface area contributed by atoms with Gasteiger partial charge in [-0.1, -0.05) is 49.0 Å². The van der Waals surface area contributed by atoms with Crippen LogP contribution in [-0.2, 0) is 4.79 Å². The first-order chi connectivity index (χ1) is 18.5. The normalized spacial score (nSPS) is 16.6. The molecule has 2 aromatic carbocycles. The maximum absolute atomic E-state index is 13.5. The molecule has 6 rings (SSSR count). The number of hydrogen-bond acceptors (Lipinski definition) is 6. The number of anilines is 3. The van der Waals surface area contributed by atoms with Crippen LogP contribution in [0.4, 0.5) is 21.9 Å². The molecule has 4 heterocycles. The Morgan fingerprint density at radius 2 is 1.97 bits per heavy atom. The Morgan fingerprint density at radius 3 is 2.79 bits per heavy atom. The largest absolute Gasteiger partial charge is 0.380 e. The van der Waals surface area contributed by atoms with Gasteiger partial charge < -0.3 is 20.9 Å². The van der Waals surface area contributed by atoms with Crippen molar-refractivity contribution < 1.29 is 9.59 Å². The van der Waals surface area contributed by atoms with Gasteiger partial charge in [0.2, 0.25) is 5.91 Å². The van der Waals surface area contributed by atoms with Crippen LogP contribution in [0.5, 0.6) is 0 Å². The van der Waals surface area contributed by atoms with E-state index in [2.05, 4.69) is 39.6 Å². The minimum atomic E-state index is -0.229. The van der Waals surface area contributed by atoms with E-state index in [0.717, 1.165) is 55.4 Å². The number of pyridine rings is 1. The van der Waals surface area contributed by atoms with Gasteiger partial charge in [-0.15, -0.1) is 11.3 Å². The van der Waals surface area contributed by atoms with Crippen molar-refractivity contribution in [3.8, 4) is 11.1 Å². The van der Waals surface area contributed by atoms with Gasteiger partial charge in [-0.25, -0.2) is 9.78 Å². The topological polar surface area (TPSA) is 89.6 Å². The number of nitrogens with one attached hydrogen (secondary N) is 3. The van der Waals surface area contributed by atoms with Gasteiger partial charge in [-0.05, 0) is 42.8 Å². The summed E-state index contributed by atoms with van der Waals surface area (Å²) >= 11 is 1.50. The van der Waals surface area contributed by atoms with Crippen LogP contribution in [0.15, 0.2) is 73.4 Å². The maximum Gasteiger partial charge on any atom is 0.331 e. The summed E-state index contributed by atoms with van der Waals surface area (Å²) in [5.41, 5.74) is 5.15. The number of urea groups is 1. The van der Waals surface area contributed by atoms with Crippen molar-refractivity contribution in [2.24, 2.45) is 0 Å². The van der Waals surface area contributed by atoms with Crippen molar-refractivity contribution in [3.05, 3.63) is 78.3 Å². The lowest BCUT2D eigenvalue weighted by Crippen LogP contribution is -2.38. The van der Waals surface area contributed by atoms with Crippen LogP contribution >= 0.6 is 11.3 Å². The number of likely N-dealkylation sites (tertiary alicyclic amines) is 1. The summed E-state index contributed by atoms with van der Waals surface area (Å²) in [5, 5.41) is 10.4. The zero-order valence-corrected chi connectivity index (χ0v) is 21.8. The van der Waals surface area contributed by atoms with Gasteiger partial charge in [0.25, 0.3) is 0 Å². The lowest BCUT2D eigenvalue weighted by Gasteiger charge is -2.29. The number of carbonyl (C=O) groups excluding carboxylic acids is 2. The third kappa shape index (κ3) is 4.29. The smallest absolute Gasteiger partial charge is 0.331 e. The van der Waals surface area contributed by atoms with E-state index in [4.69, 9.17) is 0 Å². The van der Waals surface area contributed by atoms with E-state index in [1.54, 1.807) is 18.1 Å². The Morgan fingerprint density at radius 1 is 1.16 bits per heavy atom. The predicted molar refractivity (Wildman–Crippen MR) is 154 cm³/mol. The molecule has 2 aliphatic rings. The highest BCUT2D eigenvalue weighted by Gasteiger charge is 2.33. The van der Waals surface area contributed by atoms with E-state index in [-0.39, 0.29) is 18.0 Å². The van der Waals surface area contributed by atoms with Crippen molar-refractivity contribution in [1.82, 2.24) is 20.5 Å². The van der Waals surface area contributed by atoms with Gasteiger partial charge >= 0.3 is 6.03 Å². The summed E-state index contributed by atoms with van der Waals surface area (Å²) in [7, 11) is 1.77. The fourth-order valence-corrected chi connectivity index (χ4v) is 6.24. The third-order valence-corrected chi connectivity index (χ3v) is 8.14. The van der Waals surface area contributed by atoms with Crippen LogP contribution in [0.2, 0.25) is 0 Å². The van der Waals surface area contributed by atoms with E-state index >= 15 is 0 Å². The fraction of sp³-hybridized carbons (Fsp3) is 0.207. The Kier molecular flexibility index (Phi) is 6.30. The fourth-order valence-electron chi connectivity index (χ4n) is 5.19. The quantitative estimate of drug-likeness (QED) is 0.316. The molecule has 0 radical (unpaired) electrons.